The highest BCUT2D eigenvalue weighted by atomic mass is 32.2. The predicted octanol–water partition coefficient (Wildman–Crippen LogP) is 2.15. The van der Waals surface area contributed by atoms with E-state index in [-0.39, 0.29) is 4.21 Å². The molecule has 0 spiro atoms. The third kappa shape index (κ3) is 3.24. The first kappa shape index (κ1) is 14.3. The molecule has 0 bridgehead atoms. The van der Waals surface area contributed by atoms with Crippen molar-refractivity contribution >= 4 is 21.4 Å². The Hall–Kier alpha value is -1.15. The quantitative estimate of drug-likeness (QED) is 0.886. The molecule has 104 valence electrons. The summed E-state index contributed by atoms with van der Waals surface area (Å²) in [7, 11) is -3.53. The lowest BCUT2D eigenvalue weighted by Crippen LogP contribution is -2.26. The number of furan rings is 1. The fourth-order valence-corrected chi connectivity index (χ4v) is 4.09. The molecule has 5 nitrogen and oxygen atoms in total. The van der Waals surface area contributed by atoms with E-state index in [2.05, 4.69) is 4.72 Å². The Morgan fingerprint density at radius 2 is 2.21 bits per heavy atom. The molecule has 2 heterocycles. The maximum Gasteiger partial charge on any atom is 0.250 e. The van der Waals surface area contributed by atoms with E-state index in [4.69, 9.17) is 10.2 Å². The molecule has 1 unspecified atom stereocenters. The van der Waals surface area contributed by atoms with Crippen molar-refractivity contribution < 1.29 is 12.8 Å². The summed E-state index contributed by atoms with van der Waals surface area (Å²) in [6.45, 7) is 3.89. The van der Waals surface area contributed by atoms with Crippen LogP contribution in [-0.4, -0.2) is 8.42 Å². The van der Waals surface area contributed by atoms with Gasteiger partial charge in [-0.3, -0.25) is 0 Å². The number of thiophene rings is 1. The molecule has 0 aliphatic carbocycles. The second kappa shape index (κ2) is 5.46. The van der Waals surface area contributed by atoms with Crippen LogP contribution >= 0.6 is 11.3 Å². The highest BCUT2D eigenvalue weighted by Crippen LogP contribution is 2.23. The average Bonchev–Trinajstić information content (AvgIpc) is 2.96. The number of nitrogens with two attached hydrogens (primary N) is 1. The van der Waals surface area contributed by atoms with Crippen LogP contribution in [-0.2, 0) is 16.6 Å². The Labute approximate surface area is 116 Å². The Morgan fingerprint density at radius 3 is 2.74 bits per heavy atom. The Morgan fingerprint density at radius 1 is 1.47 bits per heavy atom. The van der Waals surface area contributed by atoms with Crippen LogP contribution in [0.25, 0.3) is 0 Å². The first-order valence-electron chi connectivity index (χ1n) is 5.78. The van der Waals surface area contributed by atoms with Gasteiger partial charge in [-0.15, -0.1) is 11.3 Å². The number of sulfonamides is 1. The van der Waals surface area contributed by atoms with Gasteiger partial charge in [0.1, 0.15) is 15.7 Å². The van der Waals surface area contributed by atoms with Gasteiger partial charge in [-0.05, 0) is 43.0 Å². The van der Waals surface area contributed by atoms with Gasteiger partial charge >= 0.3 is 0 Å². The maximum atomic E-state index is 12.2. The molecule has 0 aliphatic rings. The van der Waals surface area contributed by atoms with Gasteiger partial charge in [-0.2, -0.15) is 0 Å². The molecular formula is C12H16N2O3S2. The topological polar surface area (TPSA) is 85.3 Å². The molecule has 2 rings (SSSR count). The SMILES string of the molecule is Cc1ccc(C(C)NS(=O)(=O)c2cc(CN)cs2)o1. The summed E-state index contributed by atoms with van der Waals surface area (Å²) in [6, 6.07) is 4.75. The van der Waals surface area contributed by atoms with Crippen LogP contribution in [0.15, 0.2) is 32.2 Å². The molecule has 1 atom stereocenters. The van der Waals surface area contributed by atoms with Gasteiger partial charge in [0.15, 0.2) is 0 Å². The zero-order valence-electron chi connectivity index (χ0n) is 10.7. The van der Waals surface area contributed by atoms with Crippen molar-refractivity contribution in [1.29, 1.82) is 0 Å². The van der Waals surface area contributed by atoms with E-state index in [0.29, 0.717) is 12.3 Å². The van der Waals surface area contributed by atoms with Crippen molar-refractivity contribution in [3.63, 3.8) is 0 Å². The molecule has 0 amide bonds. The van der Waals surface area contributed by atoms with Crippen LogP contribution in [0, 0.1) is 6.92 Å². The third-order valence-corrected chi connectivity index (χ3v) is 5.68. The molecule has 0 aliphatic heterocycles. The van der Waals surface area contributed by atoms with Crippen LogP contribution < -0.4 is 10.5 Å². The van der Waals surface area contributed by atoms with Crippen LogP contribution in [0.1, 0.15) is 30.0 Å². The summed E-state index contributed by atoms with van der Waals surface area (Å²) in [5.41, 5.74) is 6.29. The molecule has 3 N–H and O–H groups in total. The van der Waals surface area contributed by atoms with Gasteiger partial charge in [-0.1, -0.05) is 0 Å². The monoisotopic (exact) mass is 300 g/mol. The minimum Gasteiger partial charge on any atom is -0.465 e. The Balaban J connectivity index is 2.17. The summed E-state index contributed by atoms with van der Waals surface area (Å²) in [5, 5.41) is 1.75. The lowest BCUT2D eigenvalue weighted by atomic mass is 10.3. The number of rotatable bonds is 5. The molecule has 0 saturated carbocycles. The number of hydrogen-bond donors (Lipinski definition) is 2. The molecule has 0 fully saturated rings. The molecule has 7 heteroatoms. The lowest BCUT2D eigenvalue weighted by Gasteiger charge is -2.10. The maximum absolute atomic E-state index is 12.2. The first-order valence-corrected chi connectivity index (χ1v) is 8.15. The van der Waals surface area contributed by atoms with E-state index in [9.17, 15) is 8.42 Å². The summed E-state index contributed by atoms with van der Waals surface area (Å²) >= 11 is 1.16. The van der Waals surface area contributed by atoms with Gasteiger partial charge < -0.3 is 10.2 Å². The molecule has 0 saturated heterocycles. The van der Waals surface area contributed by atoms with Crippen molar-refractivity contribution in [3.8, 4) is 0 Å². The Kier molecular flexibility index (Phi) is 4.10. The highest BCUT2D eigenvalue weighted by Gasteiger charge is 2.21. The smallest absolute Gasteiger partial charge is 0.250 e. The number of hydrogen-bond acceptors (Lipinski definition) is 5. The van der Waals surface area contributed by atoms with Gasteiger partial charge in [0.05, 0.1) is 6.04 Å². The largest absolute Gasteiger partial charge is 0.465 e. The van der Waals surface area contributed by atoms with E-state index in [1.54, 1.807) is 30.5 Å². The van der Waals surface area contributed by atoms with Gasteiger partial charge in [-0.25, -0.2) is 13.1 Å². The van der Waals surface area contributed by atoms with E-state index in [1.165, 1.54) is 0 Å². The van der Waals surface area contributed by atoms with E-state index < -0.39 is 16.1 Å². The summed E-state index contributed by atoms with van der Waals surface area (Å²) in [4.78, 5) is 0. The summed E-state index contributed by atoms with van der Waals surface area (Å²) in [5.74, 6) is 1.35. The van der Waals surface area contributed by atoms with Crippen molar-refractivity contribution in [1.82, 2.24) is 4.72 Å². The fraction of sp³-hybridized carbons (Fsp3) is 0.333. The van der Waals surface area contributed by atoms with Crippen LogP contribution in [0.2, 0.25) is 0 Å². The first-order chi connectivity index (χ1) is 8.92. The molecular weight excluding hydrogens is 284 g/mol. The van der Waals surface area contributed by atoms with E-state index in [1.807, 2.05) is 6.92 Å². The standard InChI is InChI=1S/C12H16N2O3S2/c1-8-3-4-11(17-8)9(2)14-19(15,16)12-5-10(6-13)7-18-12/h3-5,7,9,14H,6,13H2,1-2H3. The molecule has 0 radical (unpaired) electrons. The average molecular weight is 300 g/mol. The summed E-state index contributed by atoms with van der Waals surface area (Å²) in [6.07, 6.45) is 0. The molecule has 19 heavy (non-hydrogen) atoms. The van der Waals surface area contributed by atoms with E-state index >= 15 is 0 Å². The second-order valence-electron chi connectivity index (χ2n) is 4.27. The van der Waals surface area contributed by atoms with E-state index in [0.717, 1.165) is 22.7 Å². The second-order valence-corrected chi connectivity index (χ2v) is 7.12. The molecule has 2 aromatic rings. The molecule has 0 aromatic carbocycles. The predicted molar refractivity (Wildman–Crippen MR) is 74.4 cm³/mol. The molecule has 2 aromatic heterocycles. The minimum atomic E-state index is -3.53. The van der Waals surface area contributed by atoms with Crippen LogP contribution in [0.4, 0.5) is 0 Å². The zero-order valence-corrected chi connectivity index (χ0v) is 12.3. The van der Waals surface area contributed by atoms with Crippen LogP contribution in [0.3, 0.4) is 0 Å². The number of nitrogens with one attached hydrogen (secondary N) is 1. The summed E-state index contributed by atoms with van der Waals surface area (Å²) < 4.78 is 32.6. The number of aryl methyl sites for hydroxylation is 1. The van der Waals surface area contributed by atoms with Crippen molar-refractivity contribution in [3.05, 3.63) is 40.7 Å². The van der Waals surface area contributed by atoms with Crippen LogP contribution in [0.5, 0.6) is 0 Å². The highest BCUT2D eigenvalue weighted by molar-refractivity contribution is 7.91. The Bertz CT molecular complexity index is 658. The van der Waals surface area contributed by atoms with Crippen molar-refractivity contribution in [2.75, 3.05) is 0 Å². The third-order valence-electron chi connectivity index (χ3n) is 2.65. The van der Waals surface area contributed by atoms with Crippen molar-refractivity contribution in [2.24, 2.45) is 5.73 Å². The van der Waals surface area contributed by atoms with Gasteiger partial charge in [0.2, 0.25) is 0 Å². The van der Waals surface area contributed by atoms with Crippen molar-refractivity contribution in [2.45, 2.75) is 30.6 Å². The zero-order chi connectivity index (χ0) is 14.0. The normalized spacial score (nSPS) is 13.6. The minimum absolute atomic E-state index is 0.267. The van der Waals surface area contributed by atoms with Gasteiger partial charge in [0, 0.05) is 6.54 Å². The van der Waals surface area contributed by atoms with Gasteiger partial charge in [0.25, 0.3) is 10.0 Å². The fourth-order valence-electron chi connectivity index (χ4n) is 1.64. The lowest BCUT2D eigenvalue weighted by molar-refractivity contribution is 0.441.